The fourth-order valence-electron chi connectivity index (χ4n) is 2.53. The van der Waals surface area contributed by atoms with E-state index in [0.717, 1.165) is 5.56 Å². The van der Waals surface area contributed by atoms with Crippen molar-refractivity contribution in [3.63, 3.8) is 0 Å². The monoisotopic (exact) mass is 443 g/mol. The van der Waals surface area contributed by atoms with Crippen LogP contribution in [0.1, 0.15) is 21.5 Å². The first-order valence-corrected chi connectivity index (χ1v) is 9.43. The lowest BCUT2D eigenvalue weighted by molar-refractivity contribution is -0.385. The number of hydrogen-bond donors (Lipinski definition) is 1. The van der Waals surface area contributed by atoms with Crippen LogP contribution in [-0.2, 0) is 6.61 Å². The van der Waals surface area contributed by atoms with Gasteiger partial charge in [-0.2, -0.15) is 5.10 Å². The van der Waals surface area contributed by atoms with Gasteiger partial charge in [0.1, 0.15) is 17.9 Å². The van der Waals surface area contributed by atoms with Gasteiger partial charge in [0.25, 0.3) is 11.6 Å². The fourth-order valence-corrected chi connectivity index (χ4v) is 3.00. The minimum atomic E-state index is -0.677. The number of benzene rings is 3. The second kappa shape index (κ2) is 9.87. The molecular weight excluding hydrogens is 429 g/mol. The fraction of sp³-hybridized carbons (Fsp3) is 0.0476. The zero-order valence-electron chi connectivity index (χ0n) is 15.4. The van der Waals surface area contributed by atoms with Gasteiger partial charge in [0, 0.05) is 21.7 Å². The summed E-state index contributed by atoms with van der Waals surface area (Å²) in [5, 5.41) is 15.9. The van der Waals surface area contributed by atoms with Crippen molar-refractivity contribution in [2.75, 3.05) is 0 Å². The Hall–Kier alpha value is -3.42. The first-order valence-electron chi connectivity index (χ1n) is 8.67. The van der Waals surface area contributed by atoms with Gasteiger partial charge >= 0.3 is 0 Å². The summed E-state index contributed by atoms with van der Waals surface area (Å²) < 4.78 is 5.74. The molecule has 3 aromatic carbocycles. The predicted octanol–water partition coefficient (Wildman–Crippen LogP) is 5.24. The van der Waals surface area contributed by atoms with E-state index in [1.54, 1.807) is 48.5 Å². The molecule has 0 radical (unpaired) electrons. The number of nitro groups is 1. The Morgan fingerprint density at radius 1 is 1.10 bits per heavy atom. The number of nitro benzene ring substituents is 1. The number of hydrogen-bond acceptors (Lipinski definition) is 5. The maximum absolute atomic E-state index is 12.2. The van der Waals surface area contributed by atoms with E-state index in [9.17, 15) is 14.9 Å². The SMILES string of the molecule is O=C(N/N=C\c1cccc(OCc2ccc(Cl)cc2Cl)c1)c1ccccc1[N+](=O)[O-]. The Balaban J connectivity index is 1.63. The zero-order chi connectivity index (χ0) is 21.5. The van der Waals surface area contributed by atoms with Gasteiger partial charge in [0.15, 0.2) is 0 Å². The van der Waals surface area contributed by atoms with E-state index in [-0.39, 0.29) is 17.9 Å². The molecule has 0 atom stereocenters. The van der Waals surface area contributed by atoms with Crippen LogP contribution in [0.25, 0.3) is 0 Å². The predicted molar refractivity (Wildman–Crippen MR) is 115 cm³/mol. The molecule has 0 aliphatic rings. The molecule has 152 valence electrons. The summed E-state index contributed by atoms with van der Waals surface area (Å²) >= 11 is 12.0. The molecule has 1 N–H and O–H groups in total. The van der Waals surface area contributed by atoms with Crippen molar-refractivity contribution in [2.24, 2.45) is 5.10 Å². The minimum absolute atomic E-state index is 0.0726. The molecule has 0 aliphatic heterocycles. The second-order valence-corrected chi connectivity index (χ2v) is 6.91. The standard InChI is InChI=1S/C21H15Cl2N3O4/c22-16-9-8-15(19(23)11-16)13-30-17-5-3-4-14(10-17)12-24-25-21(27)18-6-1-2-7-20(18)26(28)29/h1-12H,13H2,(H,25,27)/b24-12-. The molecule has 0 heterocycles. The number of hydrazone groups is 1. The number of carbonyl (C=O) groups is 1. The Labute approximate surface area is 182 Å². The van der Waals surface area contributed by atoms with Crippen LogP contribution in [0.2, 0.25) is 10.0 Å². The molecule has 30 heavy (non-hydrogen) atoms. The molecular formula is C21H15Cl2N3O4. The van der Waals surface area contributed by atoms with E-state index in [1.807, 2.05) is 0 Å². The molecule has 0 saturated carbocycles. The van der Waals surface area contributed by atoms with Crippen molar-refractivity contribution >= 4 is 41.0 Å². The van der Waals surface area contributed by atoms with E-state index in [0.29, 0.717) is 21.4 Å². The molecule has 0 fully saturated rings. The number of para-hydroxylation sites is 1. The quantitative estimate of drug-likeness (QED) is 0.306. The van der Waals surface area contributed by atoms with E-state index >= 15 is 0 Å². The summed E-state index contributed by atoms with van der Waals surface area (Å²) in [6.45, 7) is 0.255. The lowest BCUT2D eigenvalue weighted by atomic mass is 10.2. The van der Waals surface area contributed by atoms with Crippen LogP contribution >= 0.6 is 23.2 Å². The minimum Gasteiger partial charge on any atom is -0.489 e. The largest absolute Gasteiger partial charge is 0.489 e. The molecule has 0 aromatic heterocycles. The molecule has 0 spiro atoms. The molecule has 9 heteroatoms. The van der Waals surface area contributed by atoms with Crippen molar-refractivity contribution in [3.05, 3.63) is 104 Å². The number of nitrogens with one attached hydrogen (secondary N) is 1. The number of ether oxygens (including phenoxy) is 1. The topological polar surface area (TPSA) is 93.8 Å². The van der Waals surface area contributed by atoms with Crippen LogP contribution in [0.15, 0.2) is 71.8 Å². The van der Waals surface area contributed by atoms with Crippen LogP contribution in [-0.4, -0.2) is 17.0 Å². The summed E-state index contributed by atoms with van der Waals surface area (Å²) in [7, 11) is 0. The number of halogens is 2. The summed E-state index contributed by atoms with van der Waals surface area (Å²) in [6.07, 6.45) is 1.41. The Morgan fingerprint density at radius 3 is 2.67 bits per heavy atom. The zero-order valence-corrected chi connectivity index (χ0v) is 16.9. The van der Waals surface area contributed by atoms with Gasteiger partial charge < -0.3 is 4.74 Å². The molecule has 0 saturated heterocycles. The van der Waals surface area contributed by atoms with Crippen molar-refractivity contribution in [1.29, 1.82) is 0 Å². The summed E-state index contributed by atoms with van der Waals surface area (Å²) in [5.74, 6) is -0.0988. The van der Waals surface area contributed by atoms with Crippen LogP contribution < -0.4 is 10.2 Å². The average molecular weight is 444 g/mol. The van der Waals surface area contributed by atoms with Crippen molar-refractivity contribution in [1.82, 2.24) is 5.43 Å². The van der Waals surface area contributed by atoms with Crippen LogP contribution in [0, 0.1) is 10.1 Å². The molecule has 3 aromatic rings. The third kappa shape index (κ3) is 5.56. The van der Waals surface area contributed by atoms with E-state index in [1.165, 1.54) is 24.4 Å². The van der Waals surface area contributed by atoms with Gasteiger partial charge in [0.05, 0.1) is 11.1 Å². The van der Waals surface area contributed by atoms with Gasteiger partial charge in [-0.15, -0.1) is 0 Å². The number of amides is 1. The van der Waals surface area contributed by atoms with Crippen molar-refractivity contribution < 1.29 is 14.5 Å². The van der Waals surface area contributed by atoms with E-state index in [4.69, 9.17) is 27.9 Å². The van der Waals surface area contributed by atoms with Crippen molar-refractivity contribution in [3.8, 4) is 5.75 Å². The first kappa shape index (κ1) is 21.3. The average Bonchev–Trinajstić information content (AvgIpc) is 2.73. The lowest BCUT2D eigenvalue weighted by Crippen LogP contribution is -2.18. The highest BCUT2D eigenvalue weighted by atomic mass is 35.5. The smallest absolute Gasteiger partial charge is 0.282 e. The van der Waals surface area contributed by atoms with Gasteiger partial charge in [-0.25, -0.2) is 5.43 Å². The van der Waals surface area contributed by atoms with Gasteiger partial charge in [-0.05, 0) is 35.9 Å². The number of nitrogens with zero attached hydrogens (tertiary/aromatic N) is 2. The maximum atomic E-state index is 12.2. The Kier molecular flexibility index (Phi) is 7.00. The lowest BCUT2D eigenvalue weighted by Gasteiger charge is -2.08. The Morgan fingerprint density at radius 2 is 1.90 bits per heavy atom. The van der Waals surface area contributed by atoms with Crippen LogP contribution in [0.3, 0.4) is 0 Å². The maximum Gasteiger partial charge on any atom is 0.282 e. The number of rotatable bonds is 7. The van der Waals surface area contributed by atoms with E-state index < -0.39 is 10.8 Å². The normalized spacial score (nSPS) is 10.7. The number of carbonyl (C=O) groups excluding carboxylic acids is 1. The highest BCUT2D eigenvalue weighted by Crippen LogP contribution is 2.23. The summed E-state index contributed by atoms with van der Waals surface area (Å²) in [6, 6.07) is 17.8. The third-order valence-electron chi connectivity index (χ3n) is 3.99. The van der Waals surface area contributed by atoms with Gasteiger partial charge in [-0.1, -0.05) is 53.5 Å². The molecule has 0 aliphatic carbocycles. The van der Waals surface area contributed by atoms with Gasteiger partial charge in [-0.3, -0.25) is 14.9 Å². The molecule has 0 unspecified atom stereocenters. The molecule has 0 bridgehead atoms. The third-order valence-corrected chi connectivity index (χ3v) is 4.58. The summed E-state index contributed by atoms with van der Waals surface area (Å²) in [4.78, 5) is 22.6. The summed E-state index contributed by atoms with van der Waals surface area (Å²) in [5.41, 5.74) is 3.38. The molecule has 3 rings (SSSR count). The van der Waals surface area contributed by atoms with Crippen LogP contribution in [0.5, 0.6) is 5.75 Å². The highest BCUT2D eigenvalue weighted by Gasteiger charge is 2.18. The Bertz CT molecular complexity index is 1120. The molecule has 7 nitrogen and oxygen atoms in total. The van der Waals surface area contributed by atoms with Crippen LogP contribution in [0.4, 0.5) is 5.69 Å². The van der Waals surface area contributed by atoms with Gasteiger partial charge in [0.2, 0.25) is 0 Å². The second-order valence-electron chi connectivity index (χ2n) is 6.07. The van der Waals surface area contributed by atoms with E-state index in [2.05, 4.69) is 10.5 Å². The van der Waals surface area contributed by atoms with Crippen molar-refractivity contribution in [2.45, 2.75) is 6.61 Å². The first-order chi connectivity index (χ1) is 14.4. The highest BCUT2D eigenvalue weighted by molar-refractivity contribution is 6.35. The molecule has 1 amide bonds.